The van der Waals surface area contributed by atoms with Crippen LogP contribution >= 0.6 is 11.6 Å². The lowest BCUT2D eigenvalue weighted by atomic mass is 9.49. The molecule has 0 aromatic carbocycles. The molecule has 5 aliphatic carbocycles. The summed E-state index contributed by atoms with van der Waals surface area (Å²) in [6.07, 6.45) is 7.45. The van der Waals surface area contributed by atoms with Crippen LogP contribution in [0.15, 0.2) is 0 Å². The Bertz CT molecular complexity index is 961. The summed E-state index contributed by atoms with van der Waals surface area (Å²) in [4.78, 5) is 38.5. The maximum Gasteiger partial charge on any atom is 0.340 e. The van der Waals surface area contributed by atoms with Gasteiger partial charge in [-0.25, -0.2) is 4.79 Å². The highest BCUT2D eigenvalue weighted by atomic mass is 35.5. The molecule has 6 rings (SSSR count). The van der Waals surface area contributed by atoms with Crippen molar-refractivity contribution in [3.63, 3.8) is 0 Å². The van der Waals surface area contributed by atoms with E-state index >= 15 is 0 Å². The van der Waals surface area contributed by atoms with E-state index in [0.717, 1.165) is 56.3 Å². The van der Waals surface area contributed by atoms with Crippen LogP contribution in [0.25, 0.3) is 0 Å². The van der Waals surface area contributed by atoms with Crippen molar-refractivity contribution in [1.29, 1.82) is 0 Å². The highest BCUT2D eigenvalue weighted by Gasteiger charge is 2.60. The summed E-state index contributed by atoms with van der Waals surface area (Å²) < 4.78 is 12.6. The van der Waals surface area contributed by atoms with Gasteiger partial charge in [-0.15, -0.1) is 11.6 Å². The lowest BCUT2D eigenvalue weighted by Crippen LogP contribution is -2.56. The van der Waals surface area contributed by atoms with E-state index in [2.05, 4.69) is 4.57 Å². The lowest BCUT2D eigenvalue weighted by Gasteiger charge is -2.58. The van der Waals surface area contributed by atoms with Gasteiger partial charge in [0.05, 0.1) is 23.7 Å². The molecule has 1 aromatic rings. The van der Waals surface area contributed by atoms with Gasteiger partial charge >= 0.3 is 11.9 Å². The number of esters is 2. The Hall–Kier alpha value is -1.82. The van der Waals surface area contributed by atoms with Crippen LogP contribution < -0.4 is 0 Å². The molecule has 1 heterocycles. The van der Waals surface area contributed by atoms with Crippen molar-refractivity contribution in [3.8, 4) is 0 Å². The first-order valence-electron chi connectivity index (χ1n) is 11.4. The summed E-state index contributed by atoms with van der Waals surface area (Å²) in [7, 11) is 1.31. The SMILES string of the molecule is COC(=O)c1c(C(=O)COC(=O)C23C[C@H]4C[C@@H](CC(Cl)(C4)C2)C3)c(C)n(C2CC2)c1C. The summed E-state index contributed by atoms with van der Waals surface area (Å²) in [6, 6.07) is 0.319. The Kier molecular flexibility index (Phi) is 4.82. The second-order valence-corrected chi connectivity index (χ2v) is 11.2. The Morgan fingerprint density at radius 2 is 1.65 bits per heavy atom. The van der Waals surface area contributed by atoms with Gasteiger partial charge in [-0.2, -0.15) is 0 Å². The molecule has 0 N–H and O–H groups in total. The fraction of sp³-hybridized carbons (Fsp3) is 0.708. The van der Waals surface area contributed by atoms with Crippen molar-refractivity contribution in [2.75, 3.05) is 13.7 Å². The molecule has 4 bridgehead atoms. The number of nitrogens with zero attached hydrogens (tertiary/aromatic N) is 1. The lowest BCUT2D eigenvalue weighted by molar-refractivity contribution is -0.168. The molecule has 6 nitrogen and oxygen atoms in total. The van der Waals surface area contributed by atoms with Gasteiger partial charge in [0.1, 0.15) is 0 Å². The fourth-order valence-electron chi connectivity index (χ4n) is 7.17. The normalized spacial score (nSPS) is 33.4. The number of aromatic nitrogens is 1. The largest absolute Gasteiger partial charge is 0.465 e. The molecule has 5 aliphatic rings. The van der Waals surface area contributed by atoms with Crippen LogP contribution in [0.1, 0.15) is 89.5 Å². The molecule has 2 atom stereocenters. The first-order chi connectivity index (χ1) is 14.7. The Morgan fingerprint density at radius 3 is 2.19 bits per heavy atom. The Balaban J connectivity index is 1.36. The Morgan fingerprint density at radius 1 is 1.03 bits per heavy atom. The molecule has 0 radical (unpaired) electrons. The quantitative estimate of drug-likeness (QED) is 0.364. The number of alkyl halides is 1. The third-order valence-corrected chi connectivity index (χ3v) is 8.48. The summed E-state index contributed by atoms with van der Waals surface area (Å²) in [5.74, 6) is -0.217. The van der Waals surface area contributed by atoms with E-state index in [4.69, 9.17) is 21.1 Å². The van der Waals surface area contributed by atoms with Crippen LogP contribution in [-0.4, -0.2) is 40.9 Å². The minimum atomic E-state index is -0.553. The summed E-state index contributed by atoms with van der Waals surface area (Å²) in [5, 5.41) is 0. The zero-order chi connectivity index (χ0) is 22.1. The van der Waals surface area contributed by atoms with Crippen molar-refractivity contribution in [2.24, 2.45) is 17.3 Å². The maximum atomic E-state index is 13.2. The fourth-order valence-corrected chi connectivity index (χ4v) is 7.87. The average molecular weight is 448 g/mol. The molecule has 5 fully saturated rings. The second-order valence-electron chi connectivity index (χ2n) is 10.4. The molecular formula is C24H30ClNO5. The van der Waals surface area contributed by atoms with Gasteiger partial charge < -0.3 is 14.0 Å². The average Bonchev–Trinajstić information content (AvgIpc) is 3.48. The zero-order valence-electron chi connectivity index (χ0n) is 18.5. The van der Waals surface area contributed by atoms with Gasteiger partial charge in [0.15, 0.2) is 6.61 Å². The molecule has 7 heteroatoms. The highest BCUT2D eigenvalue weighted by Crippen LogP contribution is 2.64. The summed E-state index contributed by atoms with van der Waals surface area (Å²) in [6.45, 7) is 3.34. The molecule has 0 aliphatic heterocycles. The maximum absolute atomic E-state index is 13.2. The first-order valence-corrected chi connectivity index (χ1v) is 11.7. The molecular weight excluding hydrogens is 418 g/mol. The number of carbonyl (C=O) groups excluding carboxylic acids is 3. The van der Waals surface area contributed by atoms with Crippen molar-refractivity contribution in [2.45, 2.75) is 76.1 Å². The number of hydrogen-bond acceptors (Lipinski definition) is 5. The van der Waals surface area contributed by atoms with E-state index in [1.54, 1.807) is 0 Å². The van der Waals surface area contributed by atoms with Gasteiger partial charge in [-0.1, -0.05) is 0 Å². The molecule has 0 saturated heterocycles. The van der Waals surface area contributed by atoms with E-state index < -0.39 is 11.4 Å². The van der Waals surface area contributed by atoms with Gasteiger partial charge in [-0.3, -0.25) is 9.59 Å². The van der Waals surface area contributed by atoms with Crippen molar-refractivity contribution < 1.29 is 23.9 Å². The van der Waals surface area contributed by atoms with E-state index in [1.807, 2.05) is 13.8 Å². The van der Waals surface area contributed by atoms with Crippen LogP contribution in [0.5, 0.6) is 0 Å². The van der Waals surface area contributed by atoms with Crippen LogP contribution in [0.4, 0.5) is 0 Å². The molecule has 0 amide bonds. The summed E-state index contributed by atoms with van der Waals surface area (Å²) >= 11 is 6.84. The molecule has 0 unspecified atom stereocenters. The van der Waals surface area contributed by atoms with Crippen molar-refractivity contribution in [3.05, 3.63) is 22.5 Å². The van der Waals surface area contributed by atoms with Crippen molar-refractivity contribution >= 4 is 29.3 Å². The van der Waals surface area contributed by atoms with Gasteiger partial charge in [0, 0.05) is 22.3 Å². The van der Waals surface area contributed by atoms with E-state index in [-0.39, 0.29) is 23.2 Å². The molecule has 31 heavy (non-hydrogen) atoms. The molecule has 5 saturated carbocycles. The first kappa shape index (κ1) is 21.0. The monoisotopic (exact) mass is 447 g/mol. The van der Waals surface area contributed by atoms with E-state index in [9.17, 15) is 14.4 Å². The number of halogens is 1. The van der Waals surface area contributed by atoms with E-state index in [1.165, 1.54) is 7.11 Å². The Labute approximate surface area is 187 Å². The van der Waals surface area contributed by atoms with Gasteiger partial charge in [0.25, 0.3) is 0 Å². The topological polar surface area (TPSA) is 74.6 Å². The predicted molar refractivity (Wildman–Crippen MR) is 115 cm³/mol. The van der Waals surface area contributed by atoms with Crippen LogP contribution in [0.3, 0.4) is 0 Å². The number of methoxy groups -OCH3 is 1. The van der Waals surface area contributed by atoms with E-state index in [0.29, 0.717) is 35.4 Å². The smallest absolute Gasteiger partial charge is 0.340 e. The number of ether oxygens (including phenoxy) is 2. The number of rotatable bonds is 6. The van der Waals surface area contributed by atoms with Crippen molar-refractivity contribution in [1.82, 2.24) is 4.57 Å². The second kappa shape index (κ2) is 7.09. The number of hydrogen-bond donors (Lipinski definition) is 0. The third-order valence-electron chi connectivity index (χ3n) is 8.03. The van der Waals surface area contributed by atoms with Crippen LogP contribution in [0.2, 0.25) is 0 Å². The molecule has 1 aromatic heterocycles. The third kappa shape index (κ3) is 3.33. The standard InChI is InChI=1S/C24H30ClNO5/c1-13-19(20(21(28)30-3)14(2)26(13)17-4-5-17)18(27)11-31-22(29)23-7-15-6-16(8-23)10-24(25,9-15)12-23/h15-17H,4-12H2,1-3H3/t15-,16-,23?,24?/m1/s1. The van der Waals surface area contributed by atoms with Crippen LogP contribution in [0, 0.1) is 31.1 Å². The molecule has 168 valence electrons. The van der Waals surface area contributed by atoms with Crippen LogP contribution in [-0.2, 0) is 14.3 Å². The highest BCUT2D eigenvalue weighted by molar-refractivity contribution is 6.24. The number of Topliss-reactive ketones (excluding diaryl/α,β-unsaturated/α-hetero) is 1. The summed E-state index contributed by atoms with van der Waals surface area (Å²) in [5.41, 5.74) is 1.55. The predicted octanol–water partition coefficient (Wildman–Crippen LogP) is 4.53. The minimum absolute atomic E-state index is 0.291. The number of ketones is 1. The zero-order valence-corrected chi connectivity index (χ0v) is 19.2. The van der Waals surface area contributed by atoms with Gasteiger partial charge in [-0.05, 0) is 77.0 Å². The minimum Gasteiger partial charge on any atom is -0.465 e. The molecule has 0 spiro atoms. The van der Waals surface area contributed by atoms with Gasteiger partial charge in [0.2, 0.25) is 5.78 Å². The number of carbonyl (C=O) groups is 3.